The first kappa shape index (κ1) is 24.2. The summed E-state index contributed by atoms with van der Waals surface area (Å²) < 4.78 is 10.4. The zero-order valence-corrected chi connectivity index (χ0v) is 20.2. The molecule has 4 rings (SSSR count). The van der Waals surface area contributed by atoms with Gasteiger partial charge in [-0.05, 0) is 54.8 Å². The lowest BCUT2D eigenvalue weighted by molar-refractivity contribution is -0.116. The molecule has 8 nitrogen and oxygen atoms in total. The van der Waals surface area contributed by atoms with E-state index < -0.39 is 5.92 Å². The van der Waals surface area contributed by atoms with E-state index in [9.17, 15) is 20.0 Å². The average Bonchev–Trinajstić information content (AvgIpc) is 2.87. The predicted molar refractivity (Wildman–Crippen MR) is 133 cm³/mol. The fourth-order valence-corrected chi connectivity index (χ4v) is 5.12. The average molecular weight is 492 g/mol. The molecule has 1 atom stereocenters. The van der Waals surface area contributed by atoms with Crippen LogP contribution >= 0.6 is 11.8 Å². The number of carbonyl (C=O) groups is 2. The van der Waals surface area contributed by atoms with Crippen molar-refractivity contribution in [3.63, 3.8) is 0 Å². The molecule has 0 bridgehead atoms. The second kappa shape index (κ2) is 10.6. The third-order valence-corrected chi connectivity index (χ3v) is 6.94. The van der Waals surface area contributed by atoms with E-state index in [0.717, 1.165) is 5.70 Å². The molecule has 2 aromatic rings. The van der Waals surface area contributed by atoms with Crippen molar-refractivity contribution >= 4 is 29.1 Å². The topological polar surface area (TPSA) is 121 Å². The van der Waals surface area contributed by atoms with E-state index in [4.69, 9.17) is 9.47 Å². The first-order chi connectivity index (χ1) is 16.9. The molecule has 1 amide bonds. The summed E-state index contributed by atoms with van der Waals surface area (Å²) in [4.78, 5) is 25.5. The van der Waals surface area contributed by atoms with Crippen molar-refractivity contribution < 1.29 is 24.2 Å². The fraction of sp³-hybridized carbons (Fsp3) is 0.269. The number of aromatic hydroxyl groups is 1. The molecular formula is C26H25N3O5S. The summed E-state index contributed by atoms with van der Waals surface area (Å²) in [5, 5.41) is 26.8. The number of dihydropyridines is 1. The molecule has 2 aliphatic rings. The van der Waals surface area contributed by atoms with Gasteiger partial charge in [-0.3, -0.25) is 9.59 Å². The van der Waals surface area contributed by atoms with Gasteiger partial charge in [0.1, 0.15) is 5.75 Å². The number of phenolic OH excluding ortho intramolecular Hbond substituents is 1. The Kier molecular flexibility index (Phi) is 7.32. The molecule has 180 valence electrons. The highest BCUT2D eigenvalue weighted by Gasteiger charge is 2.37. The van der Waals surface area contributed by atoms with Crippen LogP contribution in [0.4, 0.5) is 5.69 Å². The zero-order valence-electron chi connectivity index (χ0n) is 19.4. The van der Waals surface area contributed by atoms with Crippen molar-refractivity contribution in [1.82, 2.24) is 5.32 Å². The van der Waals surface area contributed by atoms with Gasteiger partial charge in [0.25, 0.3) is 0 Å². The van der Waals surface area contributed by atoms with Crippen molar-refractivity contribution in [2.45, 2.75) is 25.2 Å². The Hall–Kier alpha value is -3.90. The monoisotopic (exact) mass is 491 g/mol. The van der Waals surface area contributed by atoms with Crippen LogP contribution in [0.5, 0.6) is 17.2 Å². The van der Waals surface area contributed by atoms with Crippen LogP contribution in [-0.2, 0) is 9.59 Å². The van der Waals surface area contributed by atoms with Gasteiger partial charge in [0, 0.05) is 23.4 Å². The molecule has 0 radical (unpaired) electrons. The van der Waals surface area contributed by atoms with Gasteiger partial charge < -0.3 is 25.2 Å². The van der Waals surface area contributed by atoms with E-state index in [1.807, 2.05) is 0 Å². The molecule has 3 N–H and O–H groups in total. The number of anilines is 1. The minimum absolute atomic E-state index is 0.00941. The molecule has 1 aliphatic carbocycles. The van der Waals surface area contributed by atoms with Crippen molar-refractivity contribution in [2.75, 3.05) is 25.3 Å². The summed E-state index contributed by atoms with van der Waals surface area (Å²) in [5.41, 5.74) is 3.00. The van der Waals surface area contributed by atoms with E-state index >= 15 is 0 Å². The smallest absolute Gasteiger partial charge is 0.234 e. The van der Waals surface area contributed by atoms with E-state index in [0.29, 0.717) is 52.4 Å². The number of benzene rings is 2. The summed E-state index contributed by atoms with van der Waals surface area (Å²) in [6, 6.07) is 14.1. The molecule has 9 heteroatoms. The Morgan fingerprint density at radius 3 is 2.66 bits per heavy atom. The fourth-order valence-electron chi connectivity index (χ4n) is 4.25. The summed E-state index contributed by atoms with van der Waals surface area (Å²) in [5.74, 6) is 0.153. The Balaban J connectivity index is 1.61. The number of ether oxygens (including phenoxy) is 2. The lowest BCUT2D eigenvalue weighted by Gasteiger charge is -2.33. The number of nitriles is 1. The first-order valence-corrected chi connectivity index (χ1v) is 12.0. The molecule has 0 saturated carbocycles. The van der Waals surface area contributed by atoms with Crippen LogP contribution in [0.3, 0.4) is 0 Å². The van der Waals surface area contributed by atoms with E-state index in [2.05, 4.69) is 16.7 Å². The zero-order chi connectivity index (χ0) is 24.9. The molecule has 0 spiro atoms. The number of carbonyl (C=O) groups excluding carboxylic acids is 2. The lowest BCUT2D eigenvalue weighted by atomic mass is 9.77. The van der Waals surface area contributed by atoms with Crippen LogP contribution in [0.25, 0.3) is 0 Å². The Morgan fingerprint density at radius 1 is 1.20 bits per heavy atom. The molecule has 2 aromatic carbocycles. The third kappa shape index (κ3) is 5.12. The summed E-state index contributed by atoms with van der Waals surface area (Å²) in [7, 11) is 3.02. The van der Waals surface area contributed by atoms with E-state index in [1.54, 1.807) is 43.5 Å². The lowest BCUT2D eigenvalue weighted by Crippen LogP contribution is -2.31. The highest BCUT2D eigenvalue weighted by atomic mass is 32.2. The number of rotatable bonds is 7. The van der Waals surface area contributed by atoms with Crippen molar-refractivity contribution in [3.8, 4) is 23.3 Å². The van der Waals surface area contributed by atoms with Gasteiger partial charge in [-0.2, -0.15) is 5.26 Å². The van der Waals surface area contributed by atoms with Gasteiger partial charge in [0.15, 0.2) is 17.3 Å². The van der Waals surface area contributed by atoms with Gasteiger partial charge in [-0.15, -0.1) is 0 Å². The normalized spacial score (nSPS) is 17.3. The number of phenols is 1. The van der Waals surface area contributed by atoms with Crippen molar-refractivity contribution in [2.24, 2.45) is 0 Å². The van der Waals surface area contributed by atoms with Crippen LogP contribution in [0, 0.1) is 11.3 Å². The third-order valence-electron chi connectivity index (χ3n) is 5.92. The van der Waals surface area contributed by atoms with Gasteiger partial charge in [-0.25, -0.2) is 0 Å². The van der Waals surface area contributed by atoms with E-state index in [1.165, 1.54) is 24.9 Å². The number of nitrogens with one attached hydrogen (secondary N) is 2. The van der Waals surface area contributed by atoms with Gasteiger partial charge in [0.2, 0.25) is 5.91 Å². The number of Topliss-reactive ketones (excluding diaryl/α,β-unsaturated/α-hetero) is 1. The summed E-state index contributed by atoms with van der Waals surface area (Å²) in [6.45, 7) is 0. The Bertz CT molecular complexity index is 1260. The number of hydrogen-bond acceptors (Lipinski definition) is 8. The quantitative estimate of drug-likeness (QED) is 0.527. The maximum Gasteiger partial charge on any atom is 0.234 e. The molecule has 0 aromatic heterocycles. The molecule has 0 fully saturated rings. The maximum atomic E-state index is 12.9. The molecule has 1 aliphatic heterocycles. The van der Waals surface area contributed by atoms with Crippen LogP contribution < -0.4 is 20.1 Å². The molecule has 1 heterocycles. The first-order valence-electron chi connectivity index (χ1n) is 11.1. The molecule has 35 heavy (non-hydrogen) atoms. The van der Waals surface area contributed by atoms with Gasteiger partial charge in [0.05, 0.1) is 42.6 Å². The molecular weight excluding hydrogens is 466 g/mol. The number of allylic oxidation sites excluding steroid dienone is 3. The Labute approximate surface area is 207 Å². The highest BCUT2D eigenvalue weighted by Crippen LogP contribution is 2.45. The standard InChI is InChI=1S/C26H25N3O5S/c1-33-17-9-7-16(8-10-17)28-23(32)14-35-26-18(13-27)24(15-6-11-20(30)22(12-15)34-2)25-19(29-26)4-3-5-21(25)31/h6-12,24,29-30H,3-5,14H2,1-2H3,(H,28,32). The van der Waals surface area contributed by atoms with Crippen LogP contribution in [0.2, 0.25) is 0 Å². The van der Waals surface area contributed by atoms with Crippen LogP contribution in [-0.4, -0.2) is 36.8 Å². The predicted octanol–water partition coefficient (Wildman–Crippen LogP) is 4.21. The van der Waals surface area contributed by atoms with Crippen molar-refractivity contribution in [3.05, 3.63) is 69.9 Å². The number of thioether (sulfide) groups is 1. The minimum atomic E-state index is -0.606. The largest absolute Gasteiger partial charge is 0.504 e. The number of hydrogen-bond donors (Lipinski definition) is 3. The summed E-state index contributed by atoms with van der Waals surface area (Å²) >= 11 is 1.22. The Morgan fingerprint density at radius 2 is 1.97 bits per heavy atom. The molecule has 1 unspecified atom stereocenters. The number of nitrogens with zero attached hydrogens (tertiary/aromatic N) is 1. The number of methoxy groups -OCH3 is 2. The van der Waals surface area contributed by atoms with Crippen LogP contribution in [0.15, 0.2) is 64.3 Å². The van der Waals surface area contributed by atoms with E-state index in [-0.39, 0.29) is 28.9 Å². The number of ketones is 1. The molecule has 0 saturated heterocycles. The van der Waals surface area contributed by atoms with Gasteiger partial charge >= 0.3 is 0 Å². The van der Waals surface area contributed by atoms with Crippen LogP contribution in [0.1, 0.15) is 30.7 Å². The van der Waals surface area contributed by atoms with Crippen molar-refractivity contribution in [1.29, 1.82) is 5.26 Å². The maximum absolute atomic E-state index is 12.9. The minimum Gasteiger partial charge on any atom is -0.504 e. The SMILES string of the molecule is COc1ccc(NC(=O)CSC2=C(C#N)C(c3ccc(O)c(OC)c3)C3=C(CCCC3=O)N2)cc1. The second-order valence-corrected chi connectivity index (χ2v) is 9.06. The number of amides is 1. The van der Waals surface area contributed by atoms with Gasteiger partial charge in [-0.1, -0.05) is 17.8 Å². The second-order valence-electron chi connectivity index (χ2n) is 8.08. The summed E-state index contributed by atoms with van der Waals surface area (Å²) in [6.07, 6.45) is 1.80. The highest BCUT2D eigenvalue weighted by molar-refractivity contribution is 8.03.